The van der Waals surface area contributed by atoms with E-state index in [-0.39, 0.29) is 12.2 Å². The average Bonchev–Trinajstić information content (AvgIpc) is 3.52. The molecule has 5 heterocycles. The van der Waals surface area contributed by atoms with Crippen molar-refractivity contribution < 1.29 is 27.0 Å². The van der Waals surface area contributed by atoms with Crippen molar-refractivity contribution >= 4 is 16.9 Å². The average molecular weight is 529 g/mol. The van der Waals surface area contributed by atoms with Gasteiger partial charge in [-0.25, -0.2) is 19.6 Å². The molecule has 12 heteroatoms. The third-order valence-corrected chi connectivity index (χ3v) is 7.13. The smallest absolute Gasteiger partial charge is 0.419 e. The summed E-state index contributed by atoms with van der Waals surface area (Å²) in [6.45, 7) is 3.44. The first-order chi connectivity index (χ1) is 18.1. The maximum atomic E-state index is 14.4. The second kappa shape index (κ2) is 8.62. The summed E-state index contributed by atoms with van der Waals surface area (Å²) >= 11 is 0. The van der Waals surface area contributed by atoms with E-state index >= 15 is 0 Å². The van der Waals surface area contributed by atoms with Crippen molar-refractivity contribution in [3.05, 3.63) is 65.6 Å². The molecule has 2 atom stereocenters. The third kappa shape index (κ3) is 3.85. The Balaban J connectivity index is 1.31. The molecule has 1 saturated heterocycles. The fraction of sp³-hybridized carbons (Fsp3) is 0.385. The van der Waals surface area contributed by atoms with Gasteiger partial charge in [0.25, 0.3) is 0 Å². The zero-order valence-corrected chi connectivity index (χ0v) is 20.6. The van der Waals surface area contributed by atoms with E-state index in [0.717, 1.165) is 12.0 Å². The largest absolute Gasteiger partial charge is 0.493 e. The zero-order valence-electron chi connectivity index (χ0n) is 20.6. The summed E-state index contributed by atoms with van der Waals surface area (Å²) in [6.07, 6.45) is -1.01. The number of hydrogen-bond acceptors (Lipinski definition) is 7. The number of pyridine rings is 1. The van der Waals surface area contributed by atoms with Crippen LogP contribution in [-0.2, 0) is 23.2 Å². The number of nitrogens with zero attached hydrogens (tertiary/aromatic N) is 5. The number of para-hydroxylation sites is 1. The summed E-state index contributed by atoms with van der Waals surface area (Å²) < 4.78 is 69.6. The molecule has 6 rings (SSSR count). The minimum absolute atomic E-state index is 0.206. The van der Waals surface area contributed by atoms with Crippen molar-refractivity contribution in [1.82, 2.24) is 24.7 Å². The van der Waals surface area contributed by atoms with Crippen LogP contribution in [0.15, 0.2) is 42.7 Å². The minimum atomic E-state index is -4.64. The molecule has 0 spiro atoms. The highest BCUT2D eigenvalue weighted by Gasteiger charge is 2.68. The maximum Gasteiger partial charge on any atom is 0.419 e. The van der Waals surface area contributed by atoms with Gasteiger partial charge in [-0.1, -0.05) is 25.1 Å². The standard InChI is InChI=1S/C26H24F4N6O2/c1-3-20-34-22(17-12-33-36(23(17)35-20)16-7-8-19(27)31-11-16)32-14-25(26(28,29)30)13-24(2,38-25)18-6-4-5-15-9-10-37-21(15)18/h4-8,11-12H,3,9-10,13-14H2,1-2H3,(H,32,34,35). The maximum absolute atomic E-state index is 14.4. The Bertz CT molecular complexity index is 1510. The van der Waals surface area contributed by atoms with Crippen LogP contribution < -0.4 is 10.1 Å². The van der Waals surface area contributed by atoms with E-state index in [1.165, 1.54) is 29.2 Å². The van der Waals surface area contributed by atoms with Crippen molar-refractivity contribution in [1.29, 1.82) is 0 Å². The molecule has 2 aliphatic rings. The van der Waals surface area contributed by atoms with Crippen molar-refractivity contribution in [2.24, 2.45) is 0 Å². The van der Waals surface area contributed by atoms with Gasteiger partial charge in [-0.15, -0.1) is 0 Å². The molecule has 0 saturated carbocycles. The molecule has 1 fully saturated rings. The van der Waals surface area contributed by atoms with Crippen LogP contribution in [0.2, 0.25) is 0 Å². The molecule has 8 nitrogen and oxygen atoms in total. The van der Waals surface area contributed by atoms with E-state index < -0.39 is 29.9 Å². The summed E-state index contributed by atoms with van der Waals surface area (Å²) in [6, 6.07) is 8.18. The molecule has 198 valence electrons. The molecule has 3 aromatic heterocycles. The summed E-state index contributed by atoms with van der Waals surface area (Å²) in [7, 11) is 0. The molecule has 0 radical (unpaired) electrons. The molecular weight excluding hydrogens is 504 g/mol. The number of anilines is 1. The SMILES string of the molecule is CCc1nc(NCC2(C(F)(F)F)CC(C)(c3cccc4c3OCC4)O2)c2cnn(-c3ccc(F)nc3)c2n1. The van der Waals surface area contributed by atoms with Gasteiger partial charge < -0.3 is 14.8 Å². The Morgan fingerprint density at radius 2 is 1.95 bits per heavy atom. The second-order valence-corrected chi connectivity index (χ2v) is 9.72. The fourth-order valence-electron chi connectivity index (χ4n) is 5.26. The summed E-state index contributed by atoms with van der Waals surface area (Å²) in [5, 5.41) is 7.59. The molecule has 2 unspecified atom stereocenters. The van der Waals surface area contributed by atoms with Gasteiger partial charge in [0.1, 0.15) is 17.4 Å². The van der Waals surface area contributed by atoms with Crippen LogP contribution in [0, 0.1) is 5.95 Å². The van der Waals surface area contributed by atoms with E-state index in [1.54, 1.807) is 13.0 Å². The lowest BCUT2D eigenvalue weighted by molar-refractivity contribution is -0.380. The number of ether oxygens (including phenoxy) is 2. The van der Waals surface area contributed by atoms with Crippen molar-refractivity contribution in [3.63, 3.8) is 0 Å². The number of rotatable bonds is 6. The highest BCUT2D eigenvalue weighted by atomic mass is 19.4. The highest BCUT2D eigenvalue weighted by Crippen LogP contribution is 2.57. The van der Waals surface area contributed by atoms with Gasteiger partial charge in [0.05, 0.1) is 42.2 Å². The monoisotopic (exact) mass is 528 g/mol. The number of fused-ring (bicyclic) bond motifs is 2. The third-order valence-electron chi connectivity index (χ3n) is 7.13. The quantitative estimate of drug-likeness (QED) is 0.282. The topological polar surface area (TPSA) is 87.0 Å². The summed E-state index contributed by atoms with van der Waals surface area (Å²) in [5.74, 6) is 0.590. The molecule has 38 heavy (non-hydrogen) atoms. The van der Waals surface area contributed by atoms with E-state index in [4.69, 9.17) is 9.47 Å². The highest BCUT2D eigenvalue weighted by molar-refractivity contribution is 5.87. The predicted molar refractivity (Wildman–Crippen MR) is 130 cm³/mol. The van der Waals surface area contributed by atoms with Crippen molar-refractivity contribution in [2.45, 2.75) is 50.5 Å². The number of nitrogens with one attached hydrogen (secondary N) is 1. The molecule has 1 N–H and O–H groups in total. The van der Waals surface area contributed by atoms with Crippen LogP contribution in [0.1, 0.15) is 37.2 Å². The van der Waals surface area contributed by atoms with Gasteiger partial charge in [0.15, 0.2) is 11.2 Å². The molecule has 0 amide bonds. The number of benzene rings is 1. The summed E-state index contributed by atoms with van der Waals surface area (Å²) in [5.41, 5.74) is -1.16. The molecular formula is C26H24F4N6O2. The van der Waals surface area contributed by atoms with E-state index in [1.807, 2.05) is 19.1 Å². The number of aromatic nitrogens is 5. The first kappa shape index (κ1) is 24.5. The summed E-state index contributed by atoms with van der Waals surface area (Å²) in [4.78, 5) is 12.6. The van der Waals surface area contributed by atoms with Gasteiger partial charge >= 0.3 is 6.18 Å². The molecule has 0 aliphatic carbocycles. The Morgan fingerprint density at radius 1 is 1.13 bits per heavy atom. The Kier molecular flexibility index (Phi) is 5.56. The van der Waals surface area contributed by atoms with Crippen LogP contribution in [0.5, 0.6) is 5.75 Å². The number of aryl methyl sites for hydroxylation is 1. The van der Waals surface area contributed by atoms with E-state index in [0.29, 0.717) is 46.9 Å². The van der Waals surface area contributed by atoms with Crippen LogP contribution in [0.4, 0.5) is 23.4 Å². The number of hydrogen-bond donors (Lipinski definition) is 1. The lowest BCUT2D eigenvalue weighted by Gasteiger charge is -2.55. The normalized spacial score (nSPS) is 22.7. The van der Waals surface area contributed by atoms with Crippen molar-refractivity contribution in [3.8, 4) is 11.4 Å². The minimum Gasteiger partial charge on any atom is -0.493 e. The zero-order chi connectivity index (χ0) is 26.7. The van der Waals surface area contributed by atoms with Crippen LogP contribution in [0.3, 0.4) is 0 Å². The van der Waals surface area contributed by atoms with E-state index in [2.05, 4.69) is 25.4 Å². The first-order valence-corrected chi connectivity index (χ1v) is 12.2. The predicted octanol–water partition coefficient (Wildman–Crippen LogP) is 4.90. The Labute approximate surface area is 215 Å². The van der Waals surface area contributed by atoms with Crippen molar-refractivity contribution in [2.75, 3.05) is 18.5 Å². The number of alkyl halides is 3. The Morgan fingerprint density at radius 3 is 2.66 bits per heavy atom. The van der Waals surface area contributed by atoms with Gasteiger partial charge in [0.2, 0.25) is 5.95 Å². The molecule has 2 aliphatic heterocycles. The first-order valence-electron chi connectivity index (χ1n) is 12.2. The van der Waals surface area contributed by atoms with Gasteiger partial charge in [0, 0.05) is 24.8 Å². The van der Waals surface area contributed by atoms with Crippen LogP contribution >= 0.6 is 0 Å². The molecule has 1 aromatic carbocycles. The lowest BCUT2D eigenvalue weighted by Crippen LogP contribution is -2.67. The van der Waals surface area contributed by atoms with Crippen LogP contribution in [-0.4, -0.2) is 49.7 Å². The number of halogens is 4. The Hall–Kier alpha value is -3.80. The van der Waals surface area contributed by atoms with Gasteiger partial charge in [-0.2, -0.15) is 22.7 Å². The lowest BCUT2D eigenvalue weighted by atomic mass is 9.74. The van der Waals surface area contributed by atoms with Crippen LogP contribution in [0.25, 0.3) is 16.7 Å². The van der Waals surface area contributed by atoms with Gasteiger partial charge in [-0.05, 0) is 24.6 Å². The molecule has 0 bridgehead atoms. The molecule has 4 aromatic rings. The second-order valence-electron chi connectivity index (χ2n) is 9.72. The fourth-order valence-corrected chi connectivity index (χ4v) is 5.26. The van der Waals surface area contributed by atoms with E-state index in [9.17, 15) is 17.6 Å². The van der Waals surface area contributed by atoms with Gasteiger partial charge in [-0.3, -0.25) is 0 Å².